The topological polar surface area (TPSA) is 38.9 Å². The fourth-order valence-electron chi connectivity index (χ4n) is 1.02. The number of nitrogens with zero attached hydrogens (tertiary/aromatic N) is 1. The smallest absolute Gasteiger partial charge is 0.142 e. The van der Waals surface area contributed by atoms with E-state index in [0.29, 0.717) is 5.82 Å². The summed E-state index contributed by atoms with van der Waals surface area (Å²) in [4.78, 5) is 3.80. The second-order valence-corrected chi connectivity index (χ2v) is 2.28. The van der Waals surface area contributed by atoms with Crippen molar-refractivity contribution >= 4 is 16.6 Å². The Morgan fingerprint density at radius 2 is 2.09 bits per heavy atom. The highest BCUT2D eigenvalue weighted by molar-refractivity contribution is 5.89. The lowest BCUT2D eigenvalue weighted by atomic mass is 10.2. The van der Waals surface area contributed by atoms with Gasteiger partial charge in [0.15, 0.2) is 0 Å². The van der Waals surface area contributed by atoms with E-state index in [0.717, 1.165) is 10.8 Å². The van der Waals surface area contributed by atoms with Crippen LogP contribution in [-0.4, -0.2) is 4.98 Å². The summed E-state index contributed by atoms with van der Waals surface area (Å²) < 4.78 is 0. The summed E-state index contributed by atoms with van der Waals surface area (Å²) >= 11 is 0. The fourth-order valence-corrected chi connectivity index (χ4v) is 1.02. The van der Waals surface area contributed by atoms with Gasteiger partial charge in [0.2, 0.25) is 0 Å². The Balaban J connectivity index is 2.91. The third-order valence-electron chi connectivity index (χ3n) is 1.57. The lowest BCUT2D eigenvalue weighted by Crippen LogP contribution is -1.88. The molecule has 0 radical (unpaired) electrons. The van der Waals surface area contributed by atoms with E-state index in [2.05, 4.69) is 17.2 Å². The van der Waals surface area contributed by atoms with Crippen LogP contribution in [0.25, 0.3) is 10.8 Å². The van der Waals surface area contributed by atoms with Crippen LogP contribution in [0.2, 0.25) is 0 Å². The maximum atomic E-state index is 5.59. The number of aromatic nitrogens is 1. The van der Waals surface area contributed by atoms with Gasteiger partial charge in [-0.2, -0.15) is 4.98 Å². The van der Waals surface area contributed by atoms with E-state index in [4.69, 9.17) is 5.73 Å². The molecule has 52 valence electrons. The lowest BCUT2D eigenvalue weighted by molar-refractivity contribution is 1.38. The molecule has 0 unspecified atom stereocenters. The second-order valence-electron chi connectivity index (χ2n) is 2.28. The number of fused-ring (bicyclic) bond motifs is 1. The fraction of sp³-hybridized carbons (Fsp3) is 0. The summed E-state index contributed by atoms with van der Waals surface area (Å²) in [7, 11) is 0. The van der Waals surface area contributed by atoms with E-state index in [1.165, 1.54) is 0 Å². The van der Waals surface area contributed by atoms with E-state index in [-0.39, 0.29) is 0 Å². The summed E-state index contributed by atoms with van der Waals surface area (Å²) in [5, 5.41) is 1.89. The van der Waals surface area contributed by atoms with Crippen LogP contribution in [0.4, 0.5) is 5.82 Å². The first-order valence-corrected chi connectivity index (χ1v) is 3.31. The molecule has 11 heavy (non-hydrogen) atoms. The van der Waals surface area contributed by atoms with Crippen LogP contribution >= 0.6 is 0 Å². The Morgan fingerprint density at radius 1 is 1.27 bits per heavy atom. The molecule has 0 aliphatic heterocycles. The number of nitrogens with two attached hydrogens (primary N) is 1. The van der Waals surface area contributed by atoms with Gasteiger partial charge in [0, 0.05) is 17.0 Å². The van der Waals surface area contributed by atoms with Crippen LogP contribution in [0, 0.1) is 12.3 Å². The normalized spacial score (nSPS) is 9.45. The van der Waals surface area contributed by atoms with Crippen molar-refractivity contribution in [3.05, 3.63) is 36.5 Å². The van der Waals surface area contributed by atoms with Crippen molar-refractivity contribution in [1.29, 1.82) is 0 Å². The maximum Gasteiger partial charge on any atom is 0.142 e. The molecule has 2 heteroatoms. The first kappa shape index (κ1) is 5.99. The monoisotopic (exact) mass is 142 g/mol. The molecular weight excluding hydrogens is 136 g/mol. The molecule has 0 amide bonds. The van der Waals surface area contributed by atoms with Crippen molar-refractivity contribution in [2.75, 3.05) is 5.73 Å². The number of hydrogen-bond donors (Lipinski definition) is 1. The van der Waals surface area contributed by atoms with Crippen LogP contribution in [0.5, 0.6) is 0 Å². The first-order valence-electron chi connectivity index (χ1n) is 3.31. The molecule has 2 N–H and O–H groups in total. The van der Waals surface area contributed by atoms with E-state index in [1.54, 1.807) is 0 Å². The molecule has 0 saturated carbocycles. The quantitative estimate of drug-likeness (QED) is 0.604. The summed E-state index contributed by atoms with van der Waals surface area (Å²) in [6.07, 6.45) is 2.60. The van der Waals surface area contributed by atoms with E-state index in [1.807, 2.05) is 24.3 Å². The molecule has 1 heterocycles. The molecule has 2 rings (SSSR count). The number of nitrogen functional groups attached to an aromatic ring is 1. The van der Waals surface area contributed by atoms with Gasteiger partial charge >= 0.3 is 0 Å². The average Bonchev–Trinajstić information content (AvgIpc) is 2.06. The summed E-state index contributed by atoms with van der Waals surface area (Å²) in [5.74, 6) is 0.513. The van der Waals surface area contributed by atoms with Gasteiger partial charge in [-0.15, -0.1) is 0 Å². The highest BCUT2D eigenvalue weighted by Gasteiger charge is 1.93. The molecule has 0 bridgehead atoms. The van der Waals surface area contributed by atoms with Gasteiger partial charge < -0.3 is 5.73 Å². The van der Waals surface area contributed by atoms with Gasteiger partial charge in [-0.25, -0.2) is 0 Å². The molecule has 2 nitrogen and oxygen atoms in total. The van der Waals surface area contributed by atoms with E-state index in [9.17, 15) is 0 Å². The van der Waals surface area contributed by atoms with Crippen LogP contribution in [-0.2, 0) is 0 Å². The largest absolute Gasteiger partial charge is 0.383 e. The Bertz CT molecular complexity index is 377. The highest BCUT2D eigenvalue weighted by atomic mass is 14.8. The zero-order valence-corrected chi connectivity index (χ0v) is 5.83. The van der Waals surface area contributed by atoms with Gasteiger partial charge in [0.05, 0.1) is 0 Å². The van der Waals surface area contributed by atoms with Crippen LogP contribution in [0.3, 0.4) is 0 Å². The Hall–Kier alpha value is -1.75. The van der Waals surface area contributed by atoms with Gasteiger partial charge in [0.1, 0.15) is 5.82 Å². The molecular formula is C9H6N2. The summed E-state index contributed by atoms with van der Waals surface area (Å²) in [6.45, 7) is 0. The zero-order valence-electron chi connectivity index (χ0n) is 5.83. The highest BCUT2D eigenvalue weighted by Crippen LogP contribution is 2.14. The first-order chi connectivity index (χ1) is 5.38. The molecule has 1 aromatic carbocycles. The molecule has 0 atom stereocenters. The molecule has 0 spiro atoms. The van der Waals surface area contributed by atoms with Crippen LogP contribution in [0.15, 0.2) is 24.3 Å². The average molecular weight is 142 g/mol. The van der Waals surface area contributed by atoms with Crippen molar-refractivity contribution in [3.8, 4) is 0 Å². The van der Waals surface area contributed by atoms with Gasteiger partial charge in [-0.05, 0) is 18.2 Å². The van der Waals surface area contributed by atoms with Crippen LogP contribution < -0.4 is 5.73 Å². The Labute approximate surface area is 64.7 Å². The minimum absolute atomic E-state index is 0.513. The maximum absolute atomic E-state index is 5.59. The third kappa shape index (κ3) is 0.870. The van der Waals surface area contributed by atoms with Crippen molar-refractivity contribution in [2.45, 2.75) is 0 Å². The molecule has 0 aliphatic carbocycles. The summed E-state index contributed by atoms with van der Waals surface area (Å²) in [5.41, 5.74) is 5.59. The summed E-state index contributed by atoms with van der Waals surface area (Å²) in [6, 6.07) is 10.6. The van der Waals surface area contributed by atoms with Gasteiger partial charge in [-0.3, -0.25) is 0 Å². The zero-order chi connectivity index (χ0) is 7.68. The van der Waals surface area contributed by atoms with Crippen LogP contribution in [0.1, 0.15) is 0 Å². The lowest BCUT2D eigenvalue weighted by Gasteiger charge is -1.93. The molecule has 0 saturated heterocycles. The molecule has 1 aromatic heterocycles. The Kier molecular flexibility index (Phi) is 1.16. The van der Waals surface area contributed by atoms with E-state index >= 15 is 0 Å². The second kappa shape index (κ2) is 2.14. The molecule has 0 aliphatic rings. The van der Waals surface area contributed by atoms with Gasteiger partial charge in [0.25, 0.3) is 0 Å². The SMILES string of the molecule is Nc1nc#cc2ccccc12. The van der Waals surface area contributed by atoms with Gasteiger partial charge in [-0.1, -0.05) is 12.1 Å². The minimum Gasteiger partial charge on any atom is -0.383 e. The predicted octanol–water partition coefficient (Wildman–Crippen LogP) is 1.42. The van der Waals surface area contributed by atoms with Crippen molar-refractivity contribution in [3.63, 3.8) is 0 Å². The third-order valence-corrected chi connectivity index (χ3v) is 1.57. The van der Waals surface area contributed by atoms with Crippen molar-refractivity contribution in [2.24, 2.45) is 0 Å². The number of anilines is 1. The minimum atomic E-state index is 0.513. The number of hydrogen-bond acceptors (Lipinski definition) is 2. The van der Waals surface area contributed by atoms with Crippen molar-refractivity contribution < 1.29 is 0 Å². The molecule has 0 fully saturated rings. The van der Waals surface area contributed by atoms with E-state index < -0.39 is 0 Å². The Morgan fingerprint density at radius 3 is 2.91 bits per heavy atom. The number of benzene rings is 1. The number of rotatable bonds is 0. The predicted molar refractivity (Wildman–Crippen MR) is 43.8 cm³/mol. The standard InChI is InChI=1S/C9H6N2/c10-9-8-4-2-1-3-7(8)5-6-11-9/h1-4H,(H2,10,11). The van der Waals surface area contributed by atoms with Crippen molar-refractivity contribution in [1.82, 2.24) is 4.98 Å². The molecule has 2 aromatic rings.